The molecule has 1 amide bonds. The van der Waals surface area contributed by atoms with E-state index in [0.717, 1.165) is 24.1 Å². The molecule has 2 aromatic carbocycles. The number of halogens is 2. The van der Waals surface area contributed by atoms with Gasteiger partial charge in [0.05, 0.1) is 10.0 Å². The molecule has 5 nitrogen and oxygen atoms in total. The molecule has 0 radical (unpaired) electrons. The van der Waals surface area contributed by atoms with Crippen molar-refractivity contribution in [1.82, 2.24) is 10.5 Å². The van der Waals surface area contributed by atoms with Gasteiger partial charge in [0, 0.05) is 29.6 Å². The largest absolute Gasteiger partial charge is 0.457 e. The van der Waals surface area contributed by atoms with Crippen molar-refractivity contribution in [2.45, 2.75) is 12.8 Å². The predicted octanol–water partition coefficient (Wildman–Crippen LogP) is 5.48. The molecule has 0 bridgehead atoms. The number of rotatable bonds is 7. The fourth-order valence-corrected chi connectivity index (χ4v) is 2.95. The first kappa shape index (κ1) is 20.9. The summed E-state index contributed by atoms with van der Waals surface area (Å²) >= 11 is 12.0. The van der Waals surface area contributed by atoms with E-state index in [4.69, 9.17) is 33.1 Å². The van der Waals surface area contributed by atoms with Crippen molar-refractivity contribution in [1.29, 1.82) is 0 Å². The smallest absolute Gasteiger partial charge is 0.267 e. The lowest BCUT2D eigenvalue weighted by Gasteiger charge is -2.12. The summed E-state index contributed by atoms with van der Waals surface area (Å²) < 4.78 is 5.93. The molecule has 148 valence electrons. The van der Waals surface area contributed by atoms with E-state index in [9.17, 15) is 4.79 Å². The summed E-state index contributed by atoms with van der Waals surface area (Å²) in [5.41, 5.74) is 4.31. The highest BCUT2D eigenvalue weighted by Gasteiger charge is 2.08. The van der Waals surface area contributed by atoms with Crippen LogP contribution in [0.25, 0.3) is 6.08 Å². The van der Waals surface area contributed by atoms with E-state index < -0.39 is 5.91 Å². The van der Waals surface area contributed by atoms with E-state index in [1.54, 1.807) is 36.0 Å². The number of aromatic nitrogens is 1. The van der Waals surface area contributed by atoms with Crippen LogP contribution in [0.3, 0.4) is 0 Å². The minimum Gasteiger partial charge on any atom is -0.457 e. The lowest BCUT2D eigenvalue weighted by atomic mass is 10.0. The van der Waals surface area contributed by atoms with E-state index in [2.05, 4.69) is 4.98 Å². The Morgan fingerprint density at radius 2 is 1.93 bits per heavy atom. The third kappa shape index (κ3) is 6.06. The van der Waals surface area contributed by atoms with Crippen molar-refractivity contribution in [3.05, 3.63) is 93.7 Å². The molecule has 0 atom stereocenters. The van der Waals surface area contributed by atoms with E-state index in [-0.39, 0.29) is 0 Å². The summed E-state index contributed by atoms with van der Waals surface area (Å²) in [5.74, 6) is 0.415. The average molecular weight is 429 g/mol. The summed E-state index contributed by atoms with van der Waals surface area (Å²) in [6.07, 6.45) is 6.12. The maximum absolute atomic E-state index is 11.4. The van der Waals surface area contributed by atoms with Gasteiger partial charge in [-0.2, -0.15) is 0 Å². The SMILES string of the molecule is O=C(/C=C/c1cc(CCc2ccccn2)ccc1Oc1ccc(Cl)c(Cl)c1)NO. The van der Waals surface area contributed by atoms with Gasteiger partial charge >= 0.3 is 0 Å². The minimum absolute atomic E-state index is 0.382. The Balaban J connectivity index is 1.84. The number of hydroxylamine groups is 1. The van der Waals surface area contributed by atoms with Crippen LogP contribution >= 0.6 is 23.2 Å². The maximum atomic E-state index is 11.4. The van der Waals surface area contributed by atoms with E-state index >= 15 is 0 Å². The van der Waals surface area contributed by atoms with Crippen LogP contribution in [0.2, 0.25) is 10.0 Å². The molecule has 0 aliphatic heterocycles. The fraction of sp³-hybridized carbons (Fsp3) is 0.0909. The monoisotopic (exact) mass is 428 g/mol. The Morgan fingerprint density at radius 3 is 2.66 bits per heavy atom. The number of nitrogens with zero attached hydrogens (tertiary/aromatic N) is 1. The molecule has 0 fully saturated rings. The Kier molecular flexibility index (Phi) is 7.25. The van der Waals surface area contributed by atoms with Gasteiger partial charge in [-0.3, -0.25) is 15.0 Å². The van der Waals surface area contributed by atoms with Crippen molar-refractivity contribution in [3.63, 3.8) is 0 Å². The van der Waals surface area contributed by atoms with Gasteiger partial charge < -0.3 is 4.74 Å². The molecule has 2 N–H and O–H groups in total. The van der Waals surface area contributed by atoms with Crippen LogP contribution in [0.5, 0.6) is 11.5 Å². The van der Waals surface area contributed by atoms with Gasteiger partial charge in [-0.15, -0.1) is 0 Å². The first-order valence-electron chi connectivity index (χ1n) is 8.83. The molecular weight excluding hydrogens is 411 g/mol. The summed E-state index contributed by atoms with van der Waals surface area (Å²) in [6, 6.07) is 16.5. The molecule has 0 saturated heterocycles. The highest BCUT2D eigenvalue weighted by atomic mass is 35.5. The number of amides is 1. The first-order chi connectivity index (χ1) is 14.0. The van der Waals surface area contributed by atoms with Crippen molar-refractivity contribution in [3.8, 4) is 11.5 Å². The van der Waals surface area contributed by atoms with Gasteiger partial charge in [0.25, 0.3) is 5.91 Å². The van der Waals surface area contributed by atoms with Gasteiger partial charge in [-0.25, -0.2) is 5.48 Å². The topological polar surface area (TPSA) is 71.5 Å². The van der Waals surface area contributed by atoms with Crippen molar-refractivity contribution in [2.75, 3.05) is 0 Å². The van der Waals surface area contributed by atoms with Crippen LogP contribution in [0, 0.1) is 0 Å². The number of aryl methyl sites for hydroxylation is 2. The van der Waals surface area contributed by atoms with Crippen LogP contribution < -0.4 is 10.2 Å². The van der Waals surface area contributed by atoms with Gasteiger partial charge in [0.15, 0.2) is 0 Å². The number of ether oxygens (including phenoxy) is 1. The van der Waals surface area contributed by atoms with Gasteiger partial charge in [-0.1, -0.05) is 35.3 Å². The normalized spacial score (nSPS) is 10.9. The first-order valence-corrected chi connectivity index (χ1v) is 9.58. The number of hydrogen-bond acceptors (Lipinski definition) is 4. The molecule has 0 unspecified atom stereocenters. The Hall–Kier alpha value is -2.86. The molecule has 29 heavy (non-hydrogen) atoms. The van der Waals surface area contributed by atoms with Crippen LogP contribution in [-0.4, -0.2) is 16.1 Å². The second-order valence-electron chi connectivity index (χ2n) is 6.18. The van der Waals surface area contributed by atoms with E-state index in [1.165, 1.54) is 6.08 Å². The van der Waals surface area contributed by atoms with Crippen LogP contribution in [0.4, 0.5) is 0 Å². The fourth-order valence-electron chi connectivity index (χ4n) is 2.67. The molecule has 0 aliphatic carbocycles. The zero-order valence-corrected chi connectivity index (χ0v) is 16.8. The zero-order valence-electron chi connectivity index (χ0n) is 15.3. The van der Waals surface area contributed by atoms with Crippen LogP contribution in [-0.2, 0) is 17.6 Å². The van der Waals surface area contributed by atoms with Gasteiger partial charge in [0.2, 0.25) is 0 Å². The van der Waals surface area contributed by atoms with E-state index in [1.807, 2.05) is 36.4 Å². The lowest BCUT2D eigenvalue weighted by molar-refractivity contribution is -0.124. The van der Waals surface area contributed by atoms with Crippen molar-refractivity contribution < 1.29 is 14.7 Å². The third-order valence-electron chi connectivity index (χ3n) is 4.11. The Bertz CT molecular complexity index is 1020. The Morgan fingerprint density at radius 1 is 1.07 bits per heavy atom. The zero-order chi connectivity index (χ0) is 20.6. The maximum Gasteiger partial charge on any atom is 0.267 e. The predicted molar refractivity (Wildman–Crippen MR) is 114 cm³/mol. The molecule has 0 saturated carbocycles. The Labute approximate surface area is 178 Å². The number of hydrogen-bond donors (Lipinski definition) is 2. The van der Waals surface area contributed by atoms with E-state index in [0.29, 0.717) is 27.1 Å². The number of pyridine rings is 1. The average Bonchev–Trinajstić information content (AvgIpc) is 2.75. The molecule has 0 spiro atoms. The minimum atomic E-state index is -0.635. The molecule has 1 heterocycles. The van der Waals surface area contributed by atoms with Crippen LogP contribution in [0.15, 0.2) is 66.9 Å². The summed E-state index contributed by atoms with van der Waals surface area (Å²) in [7, 11) is 0. The van der Waals surface area contributed by atoms with Crippen molar-refractivity contribution >= 4 is 35.2 Å². The number of nitrogens with one attached hydrogen (secondary N) is 1. The number of benzene rings is 2. The van der Waals surface area contributed by atoms with Gasteiger partial charge in [-0.05, 0) is 60.9 Å². The number of carbonyl (C=O) groups is 1. The van der Waals surface area contributed by atoms with Crippen LogP contribution in [0.1, 0.15) is 16.8 Å². The second-order valence-corrected chi connectivity index (χ2v) is 7.00. The lowest BCUT2D eigenvalue weighted by Crippen LogP contribution is -2.14. The molecule has 3 rings (SSSR count). The molecule has 1 aromatic heterocycles. The second kappa shape index (κ2) is 10.1. The summed E-state index contributed by atoms with van der Waals surface area (Å²) in [5, 5.41) is 9.54. The third-order valence-corrected chi connectivity index (χ3v) is 4.85. The standard InChI is InChI=1S/C22H18Cl2N2O3/c23-19-9-8-18(14-20(19)24)29-21-10-5-15(4-7-17-3-1-2-12-25-17)13-16(21)6-11-22(27)26-28/h1-3,5-6,8-14,28H,4,7H2,(H,26,27)/b11-6+. The van der Waals surface area contributed by atoms with Crippen molar-refractivity contribution in [2.24, 2.45) is 0 Å². The quantitative estimate of drug-likeness (QED) is 0.296. The summed E-state index contributed by atoms with van der Waals surface area (Å²) in [6.45, 7) is 0. The van der Waals surface area contributed by atoms with Gasteiger partial charge in [0.1, 0.15) is 11.5 Å². The molecule has 0 aliphatic rings. The summed E-state index contributed by atoms with van der Waals surface area (Å²) in [4.78, 5) is 15.7. The highest BCUT2D eigenvalue weighted by molar-refractivity contribution is 6.42. The molecule has 7 heteroatoms. The highest BCUT2D eigenvalue weighted by Crippen LogP contribution is 2.32. The molecular formula is C22H18Cl2N2O3. The number of carbonyl (C=O) groups excluding carboxylic acids is 1. The molecule has 3 aromatic rings.